The van der Waals surface area contributed by atoms with Crippen molar-refractivity contribution in [1.82, 2.24) is 10.2 Å². The molecule has 2 saturated heterocycles. The fourth-order valence-electron chi connectivity index (χ4n) is 4.05. The molecule has 0 aliphatic carbocycles. The maximum Gasteiger partial charge on any atom is 0.122 e. The van der Waals surface area contributed by atoms with E-state index in [4.69, 9.17) is 14.2 Å². The van der Waals surface area contributed by atoms with Crippen LogP contribution in [-0.2, 0) is 11.3 Å². The average molecular weight is 348 g/mol. The summed E-state index contributed by atoms with van der Waals surface area (Å²) in [5.41, 5.74) is 1.24. The zero-order valence-electron chi connectivity index (χ0n) is 15.8. The van der Waals surface area contributed by atoms with Crippen molar-refractivity contribution in [1.29, 1.82) is 0 Å². The Bertz CT molecular complexity index is 523. The van der Waals surface area contributed by atoms with Gasteiger partial charge >= 0.3 is 0 Å². The van der Waals surface area contributed by atoms with E-state index in [0.717, 1.165) is 50.3 Å². The van der Waals surface area contributed by atoms with Gasteiger partial charge in [-0.15, -0.1) is 0 Å². The Morgan fingerprint density at radius 1 is 1.12 bits per heavy atom. The lowest BCUT2D eigenvalue weighted by molar-refractivity contribution is 0.0545. The minimum absolute atomic E-state index is 0.575. The highest BCUT2D eigenvalue weighted by Crippen LogP contribution is 2.25. The number of ether oxygens (including phenoxy) is 3. The number of likely N-dealkylation sites (tertiary alicyclic amines) is 1. The van der Waals surface area contributed by atoms with Crippen molar-refractivity contribution >= 4 is 0 Å². The van der Waals surface area contributed by atoms with Gasteiger partial charge in [0.25, 0.3) is 0 Å². The quantitative estimate of drug-likeness (QED) is 0.821. The van der Waals surface area contributed by atoms with Gasteiger partial charge in [0, 0.05) is 51.0 Å². The molecule has 0 radical (unpaired) electrons. The first kappa shape index (κ1) is 18.5. The van der Waals surface area contributed by atoms with E-state index in [9.17, 15) is 0 Å². The summed E-state index contributed by atoms with van der Waals surface area (Å²) in [6.07, 6.45) is 3.59. The fraction of sp³-hybridized carbons (Fsp3) is 0.700. The second kappa shape index (κ2) is 8.88. The Kier molecular flexibility index (Phi) is 6.57. The third kappa shape index (κ3) is 5.09. The van der Waals surface area contributed by atoms with Gasteiger partial charge in [0.05, 0.1) is 14.2 Å². The van der Waals surface area contributed by atoms with Gasteiger partial charge in [-0.25, -0.2) is 0 Å². The summed E-state index contributed by atoms with van der Waals surface area (Å²) in [7, 11) is 3.40. The number of rotatable bonds is 7. The molecule has 1 aromatic carbocycles. The summed E-state index contributed by atoms with van der Waals surface area (Å²) < 4.78 is 16.2. The normalized spacial score (nSPS) is 23.6. The summed E-state index contributed by atoms with van der Waals surface area (Å²) in [6.45, 7) is 7.37. The molecule has 140 valence electrons. The zero-order valence-corrected chi connectivity index (χ0v) is 15.8. The number of methoxy groups -OCH3 is 2. The van der Waals surface area contributed by atoms with Gasteiger partial charge in [-0.1, -0.05) is 0 Å². The van der Waals surface area contributed by atoms with Crippen LogP contribution in [0.15, 0.2) is 18.2 Å². The lowest BCUT2D eigenvalue weighted by atomic mass is 9.92. The molecule has 2 heterocycles. The van der Waals surface area contributed by atoms with Gasteiger partial charge < -0.3 is 19.5 Å². The van der Waals surface area contributed by atoms with Gasteiger partial charge in [0.15, 0.2) is 0 Å². The standard InChI is InChI=1S/C20H32N2O3/c1-15(17-5-8-25-9-6-17)21-18-4-7-22(14-18)13-16-10-19(23-2)12-20(11-16)24-3/h10-12,15,17-18,21H,4-9,13-14H2,1-3H3. The Labute approximate surface area is 151 Å². The first-order valence-electron chi connectivity index (χ1n) is 9.46. The van der Waals surface area contributed by atoms with E-state index in [0.29, 0.717) is 12.1 Å². The van der Waals surface area contributed by atoms with Gasteiger partial charge in [0.1, 0.15) is 11.5 Å². The maximum absolute atomic E-state index is 5.48. The summed E-state index contributed by atoms with van der Waals surface area (Å²) in [5, 5.41) is 3.86. The summed E-state index contributed by atoms with van der Waals surface area (Å²) >= 11 is 0. The molecule has 0 amide bonds. The lowest BCUT2D eigenvalue weighted by Crippen LogP contribution is -2.43. The van der Waals surface area contributed by atoms with Crippen LogP contribution < -0.4 is 14.8 Å². The van der Waals surface area contributed by atoms with Crippen LogP contribution in [0.5, 0.6) is 11.5 Å². The maximum atomic E-state index is 5.48. The molecular formula is C20H32N2O3. The summed E-state index contributed by atoms with van der Waals surface area (Å²) in [5.74, 6) is 2.47. The molecule has 2 fully saturated rings. The summed E-state index contributed by atoms with van der Waals surface area (Å²) in [4.78, 5) is 2.52. The van der Waals surface area contributed by atoms with Gasteiger partial charge in [0.2, 0.25) is 0 Å². The third-order valence-corrected chi connectivity index (χ3v) is 5.56. The minimum atomic E-state index is 0.575. The van der Waals surface area contributed by atoms with E-state index < -0.39 is 0 Å². The van der Waals surface area contributed by atoms with E-state index in [2.05, 4.69) is 29.3 Å². The van der Waals surface area contributed by atoms with Crippen LogP contribution in [0, 0.1) is 5.92 Å². The van der Waals surface area contributed by atoms with Crippen molar-refractivity contribution in [2.45, 2.75) is 44.8 Å². The molecule has 0 aromatic heterocycles. The minimum Gasteiger partial charge on any atom is -0.497 e. The zero-order chi connectivity index (χ0) is 17.6. The summed E-state index contributed by atoms with van der Waals surface area (Å²) in [6, 6.07) is 7.30. The largest absolute Gasteiger partial charge is 0.497 e. The van der Waals surface area contributed by atoms with Crippen molar-refractivity contribution in [2.75, 3.05) is 40.5 Å². The lowest BCUT2D eigenvalue weighted by Gasteiger charge is -2.30. The Hall–Kier alpha value is -1.30. The molecule has 1 N–H and O–H groups in total. The SMILES string of the molecule is COc1cc(CN2CCC(NC(C)C3CCOCC3)C2)cc(OC)c1. The van der Waals surface area contributed by atoms with Gasteiger partial charge in [-0.3, -0.25) is 4.90 Å². The molecule has 5 nitrogen and oxygen atoms in total. The molecule has 5 heteroatoms. The smallest absolute Gasteiger partial charge is 0.122 e. The Morgan fingerprint density at radius 2 is 1.80 bits per heavy atom. The van der Waals surface area contributed by atoms with Crippen molar-refractivity contribution < 1.29 is 14.2 Å². The number of nitrogens with one attached hydrogen (secondary N) is 1. The predicted molar refractivity (Wildman–Crippen MR) is 99.4 cm³/mol. The molecular weight excluding hydrogens is 316 g/mol. The molecule has 0 bridgehead atoms. The van der Waals surface area contributed by atoms with E-state index in [1.165, 1.54) is 24.8 Å². The van der Waals surface area contributed by atoms with Crippen molar-refractivity contribution in [2.24, 2.45) is 5.92 Å². The second-order valence-corrected chi connectivity index (χ2v) is 7.35. The molecule has 1 aromatic rings. The van der Waals surface area contributed by atoms with Crippen LogP contribution in [-0.4, -0.2) is 57.5 Å². The molecule has 0 spiro atoms. The van der Waals surface area contributed by atoms with Crippen LogP contribution in [0.3, 0.4) is 0 Å². The molecule has 2 aliphatic rings. The number of hydrogen-bond acceptors (Lipinski definition) is 5. The van der Waals surface area contributed by atoms with Crippen LogP contribution in [0.4, 0.5) is 0 Å². The monoisotopic (exact) mass is 348 g/mol. The number of benzene rings is 1. The molecule has 25 heavy (non-hydrogen) atoms. The van der Waals surface area contributed by atoms with Crippen molar-refractivity contribution in [3.8, 4) is 11.5 Å². The third-order valence-electron chi connectivity index (χ3n) is 5.56. The second-order valence-electron chi connectivity index (χ2n) is 7.35. The fourth-order valence-corrected chi connectivity index (χ4v) is 4.05. The van der Waals surface area contributed by atoms with E-state index in [1.54, 1.807) is 14.2 Å². The van der Waals surface area contributed by atoms with Crippen LogP contribution >= 0.6 is 0 Å². The van der Waals surface area contributed by atoms with E-state index >= 15 is 0 Å². The highest BCUT2D eigenvalue weighted by Gasteiger charge is 2.27. The molecule has 2 aliphatic heterocycles. The van der Waals surface area contributed by atoms with Crippen LogP contribution in [0.2, 0.25) is 0 Å². The van der Waals surface area contributed by atoms with Crippen molar-refractivity contribution in [3.63, 3.8) is 0 Å². The first-order chi connectivity index (χ1) is 12.2. The topological polar surface area (TPSA) is 43.0 Å². The van der Waals surface area contributed by atoms with E-state index in [1.807, 2.05) is 6.07 Å². The van der Waals surface area contributed by atoms with E-state index in [-0.39, 0.29) is 0 Å². The predicted octanol–water partition coefficient (Wildman–Crippen LogP) is 2.68. The van der Waals surface area contributed by atoms with Gasteiger partial charge in [-0.2, -0.15) is 0 Å². The van der Waals surface area contributed by atoms with Crippen molar-refractivity contribution in [3.05, 3.63) is 23.8 Å². The van der Waals surface area contributed by atoms with Crippen LogP contribution in [0.1, 0.15) is 31.7 Å². The average Bonchev–Trinajstić information content (AvgIpc) is 3.08. The van der Waals surface area contributed by atoms with Crippen LogP contribution in [0.25, 0.3) is 0 Å². The Balaban J connectivity index is 1.51. The molecule has 3 rings (SSSR count). The molecule has 2 unspecified atom stereocenters. The molecule has 2 atom stereocenters. The Morgan fingerprint density at radius 3 is 2.44 bits per heavy atom. The van der Waals surface area contributed by atoms with Gasteiger partial charge in [-0.05, 0) is 49.8 Å². The highest BCUT2D eigenvalue weighted by molar-refractivity contribution is 5.38. The highest BCUT2D eigenvalue weighted by atomic mass is 16.5. The number of nitrogens with zero attached hydrogens (tertiary/aromatic N) is 1. The first-order valence-corrected chi connectivity index (χ1v) is 9.46. The molecule has 0 saturated carbocycles. The number of hydrogen-bond donors (Lipinski definition) is 1.